The van der Waals surface area contributed by atoms with E-state index in [1.54, 1.807) is 6.92 Å². The van der Waals surface area contributed by atoms with Crippen LogP contribution in [-0.2, 0) is 4.79 Å². The molecule has 1 amide bonds. The lowest BCUT2D eigenvalue weighted by Gasteiger charge is -2.08. The Morgan fingerprint density at radius 1 is 1.29 bits per heavy atom. The van der Waals surface area contributed by atoms with E-state index < -0.39 is 0 Å². The van der Waals surface area contributed by atoms with Crippen LogP contribution in [0, 0.1) is 0 Å². The van der Waals surface area contributed by atoms with Crippen molar-refractivity contribution < 1.29 is 4.79 Å². The molecule has 0 aromatic carbocycles. The smallest absolute Gasteiger partial charge is 0.246 e. The summed E-state index contributed by atoms with van der Waals surface area (Å²) in [4.78, 5) is 11.1. The third-order valence-corrected chi connectivity index (χ3v) is 1.83. The van der Waals surface area contributed by atoms with Gasteiger partial charge in [-0.15, -0.1) is 0 Å². The molecule has 3 nitrogen and oxygen atoms in total. The Morgan fingerprint density at radius 3 is 2.36 bits per heavy atom. The fourth-order valence-corrected chi connectivity index (χ4v) is 0.994. The normalized spacial score (nSPS) is 10.3. The highest BCUT2D eigenvalue weighted by Crippen LogP contribution is 1.89. The number of carbonyl (C=O) groups is 1. The highest BCUT2D eigenvalue weighted by atomic mass is 16.1. The van der Waals surface area contributed by atoms with Gasteiger partial charge in [-0.1, -0.05) is 20.4 Å². The molecular formula is C11H22N2O. The Bertz CT molecular complexity index is 188. The molecule has 0 saturated heterocycles. The number of hydrogen-bond acceptors (Lipinski definition) is 2. The van der Waals surface area contributed by atoms with Crippen molar-refractivity contribution >= 4 is 5.91 Å². The molecular weight excluding hydrogens is 176 g/mol. The Hall–Kier alpha value is -0.830. The molecule has 82 valence electrons. The van der Waals surface area contributed by atoms with Crippen LogP contribution >= 0.6 is 0 Å². The molecule has 0 aliphatic rings. The third kappa shape index (κ3) is 7.80. The predicted octanol–water partition coefficient (Wildman–Crippen LogP) is 1.46. The summed E-state index contributed by atoms with van der Waals surface area (Å²) in [5, 5.41) is 6.13. The lowest BCUT2D eigenvalue weighted by Crippen LogP contribution is -2.27. The minimum atomic E-state index is -0.0400. The van der Waals surface area contributed by atoms with Gasteiger partial charge in [0.1, 0.15) is 0 Å². The molecule has 14 heavy (non-hydrogen) atoms. The molecule has 0 spiro atoms. The van der Waals surface area contributed by atoms with Crippen molar-refractivity contribution in [1.82, 2.24) is 10.6 Å². The molecule has 0 saturated carbocycles. The van der Waals surface area contributed by atoms with E-state index in [0.717, 1.165) is 25.9 Å². The minimum absolute atomic E-state index is 0.0400. The topological polar surface area (TPSA) is 41.1 Å². The van der Waals surface area contributed by atoms with E-state index in [1.165, 1.54) is 0 Å². The average molecular weight is 198 g/mol. The van der Waals surface area contributed by atoms with Crippen LogP contribution in [0.25, 0.3) is 0 Å². The van der Waals surface area contributed by atoms with E-state index in [-0.39, 0.29) is 5.91 Å². The van der Waals surface area contributed by atoms with Gasteiger partial charge in [0, 0.05) is 18.2 Å². The molecule has 0 heterocycles. The van der Waals surface area contributed by atoms with Crippen molar-refractivity contribution in [3.8, 4) is 0 Å². The summed E-state index contributed by atoms with van der Waals surface area (Å²) in [6, 6.07) is 0.542. The molecule has 0 aliphatic heterocycles. The summed E-state index contributed by atoms with van der Waals surface area (Å²) in [7, 11) is 0. The van der Waals surface area contributed by atoms with E-state index in [4.69, 9.17) is 0 Å². The zero-order valence-corrected chi connectivity index (χ0v) is 9.52. The van der Waals surface area contributed by atoms with Crippen LogP contribution in [-0.4, -0.2) is 25.0 Å². The van der Waals surface area contributed by atoms with Crippen molar-refractivity contribution in [1.29, 1.82) is 0 Å². The Morgan fingerprint density at radius 2 is 1.86 bits per heavy atom. The monoisotopic (exact) mass is 198 g/mol. The van der Waals surface area contributed by atoms with Gasteiger partial charge in [0.2, 0.25) is 5.91 Å². The molecule has 0 rings (SSSR count). The van der Waals surface area contributed by atoms with Gasteiger partial charge < -0.3 is 10.6 Å². The van der Waals surface area contributed by atoms with E-state index in [2.05, 4.69) is 31.1 Å². The number of unbranched alkanes of at least 4 members (excludes halogenated alkanes) is 1. The first-order valence-corrected chi connectivity index (χ1v) is 5.21. The second-order valence-corrected chi connectivity index (χ2v) is 3.85. The molecule has 0 radical (unpaired) electrons. The van der Waals surface area contributed by atoms with Gasteiger partial charge in [0.25, 0.3) is 0 Å². The zero-order valence-electron chi connectivity index (χ0n) is 9.52. The quantitative estimate of drug-likeness (QED) is 0.480. The maximum atomic E-state index is 11.1. The van der Waals surface area contributed by atoms with Gasteiger partial charge in [-0.3, -0.25) is 4.79 Å². The lowest BCUT2D eigenvalue weighted by molar-refractivity contribution is -0.117. The average Bonchev–Trinajstić information content (AvgIpc) is 2.09. The van der Waals surface area contributed by atoms with Crippen LogP contribution in [0.3, 0.4) is 0 Å². The molecule has 0 atom stereocenters. The van der Waals surface area contributed by atoms with Crippen molar-refractivity contribution in [2.45, 2.75) is 39.7 Å². The first kappa shape index (κ1) is 13.2. The standard InChI is InChI=1S/C11H22N2O/c1-9(2)11(14)13-8-6-5-7-12-10(3)4/h10,12H,1,5-8H2,2-4H3,(H,13,14). The van der Waals surface area contributed by atoms with E-state index >= 15 is 0 Å². The van der Waals surface area contributed by atoms with Crippen LogP contribution in [0.1, 0.15) is 33.6 Å². The number of hydrogen-bond donors (Lipinski definition) is 2. The number of nitrogens with one attached hydrogen (secondary N) is 2. The summed E-state index contributed by atoms with van der Waals surface area (Å²) < 4.78 is 0. The number of amides is 1. The number of carbonyl (C=O) groups excluding carboxylic acids is 1. The van der Waals surface area contributed by atoms with Gasteiger partial charge >= 0.3 is 0 Å². The molecule has 0 bridgehead atoms. The maximum absolute atomic E-state index is 11.1. The van der Waals surface area contributed by atoms with Gasteiger partial charge in [-0.05, 0) is 26.3 Å². The first-order valence-electron chi connectivity index (χ1n) is 5.21. The molecule has 0 aliphatic carbocycles. The van der Waals surface area contributed by atoms with Crippen molar-refractivity contribution in [2.75, 3.05) is 13.1 Å². The Labute approximate surface area is 87.0 Å². The molecule has 0 aromatic heterocycles. The van der Waals surface area contributed by atoms with Crippen LogP contribution in [0.15, 0.2) is 12.2 Å². The second kappa shape index (κ2) is 7.56. The summed E-state index contributed by atoms with van der Waals surface area (Å²) in [6.07, 6.45) is 2.10. The largest absolute Gasteiger partial charge is 0.352 e. The minimum Gasteiger partial charge on any atom is -0.352 e. The van der Waals surface area contributed by atoms with Crippen molar-refractivity contribution in [3.63, 3.8) is 0 Å². The second-order valence-electron chi connectivity index (χ2n) is 3.85. The van der Waals surface area contributed by atoms with Crippen LogP contribution in [0.5, 0.6) is 0 Å². The number of rotatable bonds is 7. The SMILES string of the molecule is C=C(C)C(=O)NCCCCNC(C)C. The van der Waals surface area contributed by atoms with E-state index in [0.29, 0.717) is 11.6 Å². The fraction of sp³-hybridized carbons (Fsp3) is 0.727. The van der Waals surface area contributed by atoms with E-state index in [1.807, 2.05) is 0 Å². The molecule has 0 aromatic rings. The Kier molecular flexibility index (Phi) is 7.11. The molecule has 0 unspecified atom stereocenters. The first-order chi connectivity index (χ1) is 6.54. The fourth-order valence-electron chi connectivity index (χ4n) is 0.994. The van der Waals surface area contributed by atoms with Gasteiger partial charge in [-0.2, -0.15) is 0 Å². The highest BCUT2D eigenvalue weighted by molar-refractivity contribution is 5.91. The van der Waals surface area contributed by atoms with Gasteiger partial charge in [0.15, 0.2) is 0 Å². The molecule has 3 heteroatoms. The highest BCUT2D eigenvalue weighted by Gasteiger charge is 1.99. The summed E-state index contributed by atoms with van der Waals surface area (Å²) in [5.74, 6) is -0.0400. The van der Waals surface area contributed by atoms with Gasteiger partial charge in [0.05, 0.1) is 0 Å². The van der Waals surface area contributed by atoms with Crippen LogP contribution in [0.2, 0.25) is 0 Å². The van der Waals surface area contributed by atoms with Crippen molar-refractivity contribution in [3.05, 3.63) is 12.2 Å². The van der Waals surface area contributed by atoms with Crippen LogP contribution in [0.4, 0.5) is 0 Å². The van der Waals surface area contributed by atoms with Gasteiger partial charge in [-0.25, -0.2) is 0 Å². The lowest BCUT2D eigenvalue weighted by atomic mass is 10.2. The maximum Gasteiger partial charge on any atom is 0.246 e. The van der Waals surface area contributed by atoms with Crippen LogP contribution < -0.4 is 10.6 Å². The zero-order chi connectivity index (χ0) is 11.0. The summed E-state index contributed by atoms with van der Waals surface area (Å²) in [5.41, 5.74) is 0.574. The molecule has 2 N–H and O–H groups in total. The summed E-state index contributed by atoms with van der Waals surface area (Å²) >= 11 is 0. The third-order valence-electron chi connectivity index (χ3n) is 1.83. The van der Waals surface area contributed by atoms with Crippen molar-refractivity contribution in [2.24, 2.45) is 0 Å². The predicted molar refractivity (Wildman–Crippen MR) is 60.2 cm³/mol. The summed E-state index contributed by atoms with van der Waals surface area (Å²) in [6.45, 7) is 11.3. The van der Waals surface area contributed by atoms with E-state index in [9.17, 15) is 4.79 Å². The molecule has 0 fully saturated rings. The Balaban J connectivity index is 3.22.